The molecule has 0 radical (unpaired) electrons. The smallest absolute Gasteiger partial charge is 0.251 e. The lowest BCUT2D eigenvalue weighted by Crippen LogP contribution is -2.29. The van der Waals surface area contributed by atoms with Crippen LogP contribution in [0.1, 0.15) is 42.1 Å². The van der Waals surface area contributed by atoms with Crippen molar-refractivity contribution in [2.24, 2.45) is 0 Å². The summed E-state index contributed by atoms with van der Waals surface area (Å²) in [6, 6.07) is 14.6. The molecule has 6 nitrogen and oxygen atoms in total. The number of hydrogen-bond donors (Lipinski definition) is 2. The average Bonchev–Trinajstić information content (AvgIpc) is 3.25. The third-order valence-corrected chi connectivity index (χ3v) is 6.29. The van der Waals surface area contributed by atoms with Crippen LogP contribution in [0, 0.1) is 0 Å². The summed E-state index contributed by atoms with van der Waals surface area (Å²) in [6.45, 7) is 4.33. The standard InChI is InChI=1S/C21H27N3O3S/c1-2-12-23-28(26,27)20-15-18(10-11-19(20)24-13-6-7-14-24)21(25)22-16-17-8-4-3-5-9-17/h3-5,8-11,15,23H,2,6-7,12-14,16H2,1H3,(H,22,25). The van der Waals surface area contributed by atoms with Crippen LogP contribution < -0.4 is 14.9 Å². The summed E-state index contributed by atoms with van der Waals surface area (Å²) in [6.07, 6.45) is 2.79. The van der Waals surface area contributed by atoms with Gasteiger partial charge >= 0.3 is 0 Å². The van der Waals surface area contributed by atoms with Crippen LogP contribution in [0.4, 0.5) is 5.69 Å². The van der Waals surface area contributed by atoms with Gasteiger partial charge < -0.3 is 10.2 Å². The van der Waals surface area contributed by atoms with Crippen LogP contribution in [0.3, 0.4) is 0 Å². The van der Waals surface area contributed by atoms with Gasteiger partial charge in [0.1, 0.15) is 4.90 Å². The molecule has 0 unspecified atom stereocenters. The minimum atomic E-state index is -3.69. The van der Waals surface area contributed by atoms with Gasteiger partial charge in [-0.25, -0.2) is 13.1 Å². The van der Waals surface area contributed by atoms with Crippen LogP contribution >= 0.6 is 0 Å². The van der Waals surface area contributed by atoms with Gasteiger partial charge in [-0.05, 0) is 43.0 Å². The van der Waals surface area contributed by atoms with Gasteiger partial charge in [-0.15, -0.1) is 0 Å². The SMILES string of the molecule is CCCNS(=O)(=O)c1cc(C(=O)NCc2ccccc2)ccc1N1CCCC1. The van der Waals surface area contributed by atoms with E-state index in [0.717, 1.165) is 31.5 Å². The fourth-order valence-electron chi connectivity index (χ4n) is 3.28. The van der Waals surface area contributed by atoms with Gasteiger partial charge in [0, 0.05) is 31.7 Å². The van der Waals surface area contributed by atoms with Crippen LogP contribution in [0.5, 0.6) is 0 Å². The first-order valence-electron chi connectivity index (χ1n) is 9.72. The molecule has 150 valence electrons. The highest BCUT2D eigenvalue weighted by atomic mass is 32.2. The number of hydrogen-bond acceptors (Lipinski definition) is 4. The number of amides is 1. The molecule has 2 aromatic carbocycles. The highest BCUT2D eigenvalue weighted by Crippen LogP contribution is 2.29. The minimum Gasteiger partial charge on any atom is -0.370 e. The molecule has 7 heteroatoms. The largest absolute Gasteiger partial charge is 0.370 e. The molecule has 1 amide bonds. The van der Waals surface area contributed by atoms with E-state index in [-0.39, 0.29) is 10.8 Å². The second-order valence-electron chi connectivity index (χ2n) is 6.94. The molecule has 28 heavy (non-hydrogen) atoms. The molecule has 1 saturated heterocycles. The molecule has 0 aromatic heterocycles. The van der Waals surface area contributed by atoms with Crippen molar-refractivity contribution in [3.63, 3.8) is 0 Å². The normalized spacial score (nSPS) is 14.2. The third-order valence-electron chi connectivity index (χ3n) is 4.80. The van der Waals surface area contributed by atoms with Crippen LogP contribution in [0.15, 0.2) is 53.4 Å². The Labute approximate surface area is 167 Å². The number of rotatable bonds is 8. The third kappa shape index (κ3) is 4.91. The Morgan fingerprint density at radius 2 is 1.79 bits per heavy atom. The Morgan fingerprint density at radius 1 is 1.07 bits per heavy atom. The number of sulfonamides is 1. The molecule has 0 atom stereocenters. The van der Waals surface area contributed by atoms with Crippen molar-refractivity contribution in [1.82, 2.24) is 10.0 Å². The molecule has 2 aromatic rings. The predicted molar refractivity (Wildman–Crippen MR) is 111 cm³/mol. The van der Waals surface area contributed by atoms with E-state index in [9.17, 15) is 13.2 Å². The Bertz CT molecular complexity index is 908. The maximum atomic E-state index is 12.9. The fraction of sp³-hybridized carbons (Fsp3) is 0.381. The lowest BCUT2D eigenvalue weighted by Gasteiger charge is -2.22. The molecule has 0 bridgehead atoms. The first-order valence-corrected chi connectivity index (χ1v) is 11.2. The van der Waals surface area contributed by atoms with E-state index in [2.05, 4.69) is 14.9 Å². The second kappa shape index (κ2) is 9.21. The zero-order valence-electron chi connectivity index (χ0n) is 16.1. The molecule has 1 aliphatic rings. The zero-order chi connectivity index (χ0) is 20.0. The van der Waals surface area contributed by atoms with Gasteiger partial charge in [-0.1, -0.05) is 37.3 Å². The van der Waals surface area contributed by atoms with Crippen molar-refractivity contribution in [3.05, 3.63) is 59.7 Å². The van der Waals surface area contributed by atoms with Crippen molar-refractivity contribution in [1.29, 1.82) is 0 Å². The summed E-state index contributed by atoms with van der Waals surface area (Å²) in [4.78, 5) is 14.9. The first kappa shape index (κ1) is 20.4. The minimum absolute atomic E-state index is 0.176. The van der Waals surface area contributed by atoms with Crippen molar-refractivity contribution in [3.8, 4) is 0 Å². The highest BCUT2D eigenvalue weighted by molar-refractivity contribution is 7.89. The van der Waals surface area contributed by atoms with Crippen LogP contribution in [0.2, 0.25) is 0 Å². The molecule has 2 N–H and O–H groups in total. The molecule has 0 spiro atoms. The number of carbonyl (C=O) groups excluding carboxylic acids is 1. The number of nitrogens with zero attached hydrogens (tertiary/aromatic N) is 1. The molecule has 1 fully saturated rings. The van der Waals surface area contributed by atoms with Crippen molar-refractivity contribution in [2.75, 3.05) is 24.5 Å². The predicted octanol–water partition coefficient (Wildman–Crippen LogP) is 2.91. The van der Waals surface area contributed by atoms with Gasteiger partial charge in [-0.2, -0.15) is 0 Å². The second-order valence-corrected chi connectivity index (χ2v) is 8.68. The average molecular weight is 402 g/mol. The number of carbonyl (C=O) groups is 1. The van der Waals surface area contributed by atoms with E-state index >= 15 is 0 Å². The van der Waals surface area contributed by atoms with Gasteiger partial charge in [0.15, 0.2) is 0 Å². The quantitative estimate of drug-likeness (QED) is 0.713. The number of anilines is 1. The van der Waals surface area contributed by atoms with Gasteiger partial charge in [0.05, 0.1) is 5.69 Å². The Balaban J connectivity index is 1.86. The molecule has 1 heterocycles. The maximum absolute atomic E-state index is 12.9. The van der Waals surface area contributed by atoms with Crippen LogP contribution in [0.25, 0.3) is 0 Å². The number of nitrogens with one attached hydrogen (secondary N) is 2. The maximum Gasteiger partial charge on any atom is 0.251 e. The molecular formula is C21H27N3O3S. The highest BCUT2D eigenvalue weighted by Gasteiger charge is 2.25. The summed E-state index contributed by atoms with van der Waals surface area (Å²) in [5.41, 5.74) is 2.00. The summed E-state index contributed by atoms with van der Waals surface area (Å²) >= 11 is 0. The van der Waals surface area contributed by atoms with E-state index in [1.165, 1.54) is 6.07 Å². The van der Waals surface area contributed by atoms with Crippen LogP contribution in [-0.2, 0) is 16.6 Å². The van der Waals surface area contributed by atoms with Gasteiger partial charge in [0.25, 0.3) is 5.91 Å². The van der Waals surface area contributed by atoms with E-state index in [1.807, 2.05) is 37.3 Å². The fourth-order valence-corrected chi connectivity index (χ4v) is 4.67. The van der Waals surface area contributed by atoms with Crippen molar-refractivity contribution in [2.45, 2.75) is 37.6 Å². The molecule has 3 rings (SSSR count). The Morgan fingerprint density at radius 3 is 2.46 bits per heavy atom. The van der Waals surface area contributed by atoms with E-state index in [1.54, 1.807) is 12.1 Å². The molecular weight excluding hydrogens is 374 g/mol. The summed E-state index contributed by atoms with van der Waals surface area (Å²) in [7, 11) is -3.69. The lowest BCUT2D eigenvalue weighted by atomic mass is 10.1. The Hall–Kier alpha value is -2.38. The zero-order valence-corrected chi connectivity index (χ0v) is 17.0. The van der Waals surface area contributed by atoms with Gasteiger partial charge in [-0.3, -0.25) is 4.79 Å². The van der Waals surface area contributed by atoms with Crippen molar-refractivity contribution >= 4 is 21.6 Å². The summed E-state index contributed by atoms with van der Waals surface area (Å²) in [5, 5.41) is 2.86. The molecule has 0 aliphatic carbocycles. The monoisotopic (exact) mass is 401 g/mol. The number of benzene rings is 2. The van der Waals surface area contributed by atoms with E-state index in [4.69, 9.17) is 0 Å². The van der Waals surface area contributed by atoms with Crippen molar-refractivity contribution < 1.29 is 13.2 Å². The lowest BCUT2D eigenvalue weighted by molar-refractivity contribution is 0.0950. The Kier molecular flexibility index (Phi) is 6.70. The molecule has 0 saturated carbocycles. The van der Waals surface area contributed by atoms with E-state index in [0.29, 0.717) is 30.8 Å². The summed E-state index contributed by atoms with van der Waals surface area (Å²) in [5.74, 6) is -0.288. The van der Waals surface area contributed by atoms with Crippen LogP contribution in [-0.4, -0.2) is 34.0 Å². The first-order chi connectivity index (χ1) is 13.5. The van der Waals surface area contributed by atoms with E-state index < -0.39 is 10.0 Å². The molecule has 1 aliphatic heterocycles. The summed E-state index contributed by atoms with van der Waals surface area (Å²) < 4.78 is 28.3. The van der Waals surface area contributed by atoms with Gasteiger partial charge in [0.2, 0.25) is 10.0 Å². The topological polar surface area (TPSA) is 78.5 Å².